The Morgan fingerprint density at radius 3 is 2.32 bits per heavy atom. The topological polar surface area (TPSA) is 124 Å². The third-order valence-corrected chi connectivity index (χ3v) is 8.19. The first kappa shape index (κ1) is 24.9. The second-order valence-corrected chi connectivity index (χ2v) is 11.5. The molecule has 0 amide bonds. The van der Waals surface area contributed by atoms with Crippen LogP contribution < -0.4 is 0 Å². The number of ether oxygens (including phenoxy) is 1. The lowest BCUT2D eigenvalue weighted by atomic mass is 9.90. The van der Waals surface area contributed by atoms with Gasteiger partial charge in [-0.25, -0.2) is 12.8 Å². The third-order valence-electron chi connectivity index (χ3n) is 5.86. The molecule has 2 heterocycles. The van der Waals surface area contributed by atoms with Crippen LogP contribution in [0.15, 0.2) is 59.5 Å². The molecular weight excluding hydrogens is 483 g/mol. The van der Waals surface area contributed by atoms with E-state index in [0.29, 0.717) is 11.1 Å². The van der Waals surface area contributed by atoms with Crippen molar-refractivity contribution in [2.24, 2.45) is 0 Å². The van der Waals surface area contributed by atoms with E-state index in [-0.39, 0.29) is 17.1 Å². The summed E-state index contributed by atoms with van der Waals surface area (Å²) in [7, 11) is -3.57. The molecule has 10 heteroatoms. The Hall–Kier alpha value is -2.18. The van der Waals surface area contributed by atoms with E-state index in [1.165, 1.54) is 35.6 Å². The van der Waals surface area contributed by atoms with Crippen LogP contribution in [0.2, 0.25) is 0 Å². The maximum atomic E-state index is 13.2. The van der Waals surface area contributed by atoms with Crippen LogP contribution in [0.3, 0.4) is 0 Å². The first-order valence-electron chi connectivity index (χ1n) is 10.6. The zero-order valence-electron chi connectivity index (χ0n) is 18.2. The molecule has 1 aromatic heterocycles. The smallest absolute Gasteiger partial charge is 0.175 e. The molecule has 1 fully saturated rings. The van der Waals surface area contributed by atoms with Crippen LogP contribution in [0, 0.1) is 5.82 Å². The minimum Gasteiger partial charge on any atom is -0.394 e. The molecule has 182 valence electrons. The van der Waals surface area contributed by atoms with Crippen molar-refractivity contribution in [2.45, 2.75) is 41.8 Å². The van der Waals surface area contributed by atoms with E-state index in [1.54, 1.807) is 18.2 Å². The fourth-order valence-electron chi connectivity index (χ4n) is 4.08. The molecule has 1 aliphatic rings. The second-order valence-electron chi connectivity index (χ2n) is 8.34. The summed E-state index contributed by atoms with van der Waals surface area (Å²) in [6.07, 6.45) is -5.25. The third kappa shape index (κ3) is 5.08. The van der Waals surface area contributed by atoms with Gasteiger partial charge in [0.25, 0.3) is 0 Å². The van der Waals surface area contributed by atoms with Crippen molar-refractivity contribution in [3.8, 4) is 10.4 Å². The minimum absolute atomic E-state index is 0.123. The van der Waals surface area contributed by atoms with Gasteiger partial charge in [-0.15, -0.1) is 11.3 Å². The molecule has 2 aromatic carbocycles. The van der Waals surface area contributed by atoms with Crippen molar-refractivity contribution < 1.29 is 38.0 Å². The largest absolute Gasteiger partial charge is 0.394 e. The van der Waals surface area contributed by atoms with E-state index >= 15 is 0 Å². The Labute approximate surface area is 200 Å². The van der Waals surface area contributed by atoms with Crippen LogP contribution in [-0.2, 0) is 21.0 Å². The van der Waals surface area contributed by atoms with Gasteiger partial charge >= 0.3 is 0 Å². The predicted octanol–water partition coefficient (Wildman–Crippen LogP) is 2.06. The number of aliphatic hydroxyl groups is 4. The van der Waals surface area contributed by atoms with Crippen molar-refractivity contribution in [1.82, 2.24) is 0 Å². The lowest BCUT2D eigenvalue weighted by molar-refractivity contribution is -0.231. The first-order valence-corrected chi connectivity index (χ1v) is 13.3. The maximum absolute atomic E-state index is 13.2. The van der Waals surface area contributed by atoms with Gasteiger partial charge < -0.3 is 25.2 Å². The highest BCUT2D eigenvalue weighted by molar-refractivity contribution is 7.90. The normalized spacial score (nSPS) is 25.4. The van der Waals surface area contributed by atoms with Crippen molar-refractivity contribution in [3.63, 3.8) is 0 Å². The van der Waals surface area contributed by atoms with Gasteiger partial charge in [0.15, 0.2) is 9.84 Å². The van der Waals surface area contributed by atoms with Gasteiger partial charge in [-0.05, 0) is 47.0 Å². The molecule has 0 saturated carbocycles. The van der Waals surface area contributed by atoms with Crippen molar-refractivity contribution >= 4 is 21.2 Å². The Balaban J connectivity index is 1.68. The molecule has 0 unspecified atom stereocenters. The number of sulfone groups is 1. The molecule has 0 spiro atoms. The average Bonchev–Trinajstić information content (AvgIpc) is 3.26. The summed E-state index contributed by atoms with van der Waals surface area (Å²) in [5.41, 5.74) is 1.73. The predicted molar refractivity (Wildman–Crippen MR) is 125 cm³/mol. The number of hydrogen-bond donors (Lipinski definition) is 4. The number of halogens is 1. The molecule has 1 aliphatic heterocycles. The van der Waals surface area contributed by atoms with Crippen molar-refractivity contribution in [2.75, 3.05) is 12.9 Å². The van der Waals surface area contributed by atoms with Crippen molar-refractivity contribution in [3.05, 3.63) is 76.4 Å². The fraction of sp³-hybridized carbons (Fsp3) is 0.333. The van der Waals surface area contributed by atoms with Crippen LogP contribution in [-0.4, -0.2) is 66.1 Å². The summed E-state index contributed by atoms with van der Waals surface area (Å²) in [4.78, 5) is 1.90. The van der Waals surface area contributed by atoms with Crippen molar-refractivity contribution in [1.29, 1.82) is 0 Å². The highest BCUT2D eigenvalue weighted by Gasteiger charge is 2.44. The standard InChI is InChI=1S/C24H25FO7S2/c1-34(30,31)20-9-4-14(24-23(29)22(28)21(27)18(12-26)32-24)10-15(20)11-17-7-8-19(33-17)13-2-5-16(25)6-3-13/h2-10,18,21-24,26-29H,11-12H2,1H3/t18-,21-,22+,23-,24+/m1/s1. The van der Waals surface area contributed by atoms with Gasteiger partial charge in [-0.3, -0.25) is 0 Å². The van der Waals surface area contributed by atoms with E-state index in [9.17, 15) is 33.2 Å². The molecule has 7 nitrogen and oxygen atoms in total. The number of hydrogen-bond acceptors (Lipinski definition) is 8. The van der Waals surface area contributed by atoms with Gasteiger partial charge in [0, 0.05) is 22.4 Å². The lowest BCUT2D eigenvalue weighted by Gasteiger charge is -2.40. The number of benzene rings is 2. The average molecular weight is 509 g/mol. The van der Waals surface area contributed by atoms with E-state index in [2.05, 4.69) is 0 Å². The van der Waals surface area contributed by atoms with Crippen LogP contribution in [0.1, 0.15) is 22.1 Å². The molecule has 4 N–H and O–H groups in total. The van der Waals surface area contributed by atoms with E-state index < -0.39 is 47.0 Å². The number of thiophene rings is 1. The molecule has 0 radical (unpaired) electrons. The zero-order chi connectivity index (χ0) is 24.6. The second kappa shape index (κ2) is 9.82. The molecule has 4 rings (SSSR count). The molecular formula is C24H25FO7S2. The first-order chi connectivity index (χ1) is 16.1. The monoisotopic (exact) mass is 508 g/mol. The van der Waals surface area contributed by atoms with E-state index in [1.807, 2.05) is 12.1 Å². The Kier molecular flexibility index (Phi) is 7.20. The summed E-state index contributed by atoms with van der Waals surface area (Å²) in [6, 6.07) is 14.4. The highest BCUT2D eigenvalue weighted by atomic mass is 32.2. The van der Waals surface area contributed by atoms with Crippen LogP contribution in [0.25, 0.3) is 10.4 Å². The molecule has 0 aliphatic carbocycles. The molecule has 1 saturated heterocycles. The zero-order valence-corrected chi connectivity index (χ0v) is 19.8. The molecule has 3 aromatic rings. The van der Waals surface area contributed by atoms with Gasteiger partial charge in [0.1, 0.15) is 36.3 Å². The molecule has 0 bridgehead atoms. The van der Waals surface area contributed by atoms with E-state index in [4.69, 9.17) is 4.74 Å². The summed E-state index contributed by atoms with van der Waals surface area (Å²) >= 11 is 1.45. The number of aliphatic hydroxyl groups excluding tert-OH is 4. The summed E-state index contributed by atoms with van der Waals surface area (Å²) in [5.74, 6) is -0.330. The van der Waals surface area contributed by atoms with Gasteiger partial charge in [0.05, 0.1) is 11.5 Å². The van der Waals surface area contributed by atoms with E-state index in [0.717, 1.165) is 21.6 Å². The Bertz CT molecular complexity index is 1250. The van der Waals surface area contributed by atoms with Gasteiger partial charge in [-0.1, -0.05) is 24.3 Å². The fourth-order valence-corrected chi connectivity index (χ4v) is 6.04. The summed E-state index contributed by atoms with van der Waals surface area (Å²) in [6.45, 7) is -0.558. The van der Waals surface area contributed by atoms with Crippen LogP contribution >= 0.6 is 11.3 Å². The van der Waals surface area contributed by atoms with Gasteiger partial charge in [0.2, 0.25) is 0 Å². The Morgan fingerprint density at radius 2 is 1.68 bits per heavy atom. The summed E-state index contributed by atoms with van der Waals surface area (Å²) < 4.78 is 43.7. The maximum Gasteiger partial charge on any atom is 0.175 e. The summed E-state index contributed by atoms with van der Waals surface area (Å²) in [5, 5.41) is 40.1. The van der Waals surface area contributed by atoms with Crippen LogP contribution in [0.4, 0.5) is 4.39 Å². The van der Waals surface area contributed by atoms with Gasteiger partial charge in [-0.2, -0.15) is 0 Å². The quantitative estimate of drug-likeness (QED) is 0.402. The SMILES string of the molecule is CS(=O)(=O)c1ccc([C@@H]2O[C@H](CO)[C@@H](O)[C@H](O)[C@H]2O)cc1Cc1ccc(-c2ccc(F)cc2)s1. The highest BCUT2D eigenvalue weighted by Crippen LogP contribution is 2.35. The number of rotatable bonds is 6. The molecule has 34 heavy (non-hydrogen) atoms. The Morgan fingerprint density at radius 1 is 0.971 bits per heavy atom. The van der Waals surface area contributed by atoms with Crippen LogP contribution in [0.5, 0.6) is 0 Å². The lowest BCUT2D eigenvalue weighted by Crippen LogP contribution is -2.55. The minimum atomic E-state index is -3.57. The molecule has 5 atom stereocenters.